The Kier molecular flexibility index (Phi) is 5.73. The number of carbonyl (C=O) groups excluding carboxylic acids is 3. The van der Waals surface area contributed by atoms with Crippen molar-refractivity contribution in [2.75, 3.05) is 19.6 Å². The van der Waals surface area contributed by atoms with E-state index in [-0.39, 0.29) is 24.1 Å². The molecule has 1 aromatic carbocycles. The Morgan fingerprint density at radius 1 is 1.18 bits per heavy atom. The fourth-order valence-corrected chi connectivity index (χ4v) is 4.54. The van der Waals surface area contributed by atoms with Gasteiger partial charge in [-0.25, -0.2) is 0 Å². The number of rotatable bonds is 6. The van der Waals surface area contributed by atoms with Crippen LogP contribution in [0, 0.1) is 5.92 Å². The highest BCUT2D eigenvalue weighted by atomic mass is 16.2. The fraction of sp³-hybridized carbons (Fsp3) is 0.571. The first-order valence-corrected chi connectivity index (χ1v) is 10.3. The summed E-state index contributed by atoms with van der Waals surface area (Å²) in [6, 6.07) is 5.36. The molecule has 3 heterocycles. The molecule has 2 saturated heterocycles. The molecule has 1 aromatic rings. The molecule has 2 atom stereocenters. The Morgan fingerprint density at radius 3 is 2.86 bits per heavy atom. The lowest BCUT2D eigenvalue weighted by Crippen LogP contribution is -2.52. The second-order valence-corrected chi connectivity index (χ2v) is 8.03. The summed E-state index contributed by atoms with van der Waals surface area (Å²) in [6.07, 6.45) is 4.35. The van der Waals surface area contributed by atoms with Crippen LogP contribution < -0.4 is 16.0 Å². The fourth-order valence-electron chi connectivity index (χ4n) is 4.54. The first kappa shape index (κ1) is 19.1. The standard InChI is InChI=1S/C21H28N4O3/c26-18-7-6-17(20(27)24-18)25-13-16-5-1-4-15(19(16)21(25)28)12-23-10-8-14-3-2-9-22-11-14/h1,4-5,14,17,22-23H,2-3,6-13H2,(H,24,26,27). The predicted molar refractivity (Wildman–Crippen MR) is 104 cm³/mol. The quantitative estimate of drug-likeness (QED) is 0.501. The van der Waals surface area contributed by atoms with Crippen molar-refractivity contribution in [1.82, 2.24) is 20.9 Å². The van der Waals surface area contributed by atoms with Gasteiger partial charge in [0.15, 0.2) is 0 Å². The van der Waals surface area contributed by atoms with Crippen molar-refractivity contribution >= 4 is 17.7 Å². The molecular weight excluding hydrogens is 356 g/mol. The summed E-state index contributed by atoms with van der Waals surface area (Å²) in [5, 5.41) is 9.28. The second kappa shape index (κ2) is 8.41. The Bertz CT molecular complexity index is 773. The van der Waals surface area contributed by atoms with Gasteiger partial charge in [0.05, 0.1) is 0 Å². The molecule has 3 amide bonds. The molecule has 7 nitrogen and oxygen atoms in total. The van der Waals surface area contributed by atoms with Crippen LogP contribution in [0.2, 0.25) is 0 Å². The zero-order valence-corrected chi connectivity index (χ0v) is 16.1. The molecule has 0 spiro atoms. The van der Waals surface area contributed by atoms with E-state index >= 15 is 0 Å². The van der Waals surface area contributed by atoms with Gasteiger partial charge in [0, 0.05) is 25.1 Å². The van der Waals surface area contributed by atoms with Gasteiger partial charge < -0.3 is 15.5 Å². The number of imide groups is 1. The van der Waals surface area contributed by atoms with Crippen molar-refractivity contribution in [3.63, 3.8) is 0 Å². The normalized spacial score (nSPS) is 25.0. The number of piperidine rings is 2. The number of hydrogen-bond donors (Lipinski definition) is 3. The third-order valence-corrected chi connectivity index (χ3v) is 6.08. The van der Waals surface area contributed by atoms with Crippen LogP contribution in [0.15, 0.2) is 18.2 Å². The first-order chi connectivity index (χ1) is 13.6. The maximum atomic E-state index is 13.0. The molecule has 28 heavy (non-hydrogen) atoms. The summed E-state index contributed by atoms with van der Waals surface area (Å²) in [5.41, 5.74) is 2.67. The van der Waals surface area contributed by atoms with Gasteiger partial charge in [-0.3, -0.25) is 19.7 Å². The van der Waals surface area contributed by atoms with Crippen molar-refractivity contribution in [2.24, 2.45) is 5.92 Å². The van der Waals surface area contributed by atoms with Gasteiger partial charge in [-0.2, -0.15) is 0 Å². The van der Waals surface area contributed by atoms with Crippen LogP contribution in [-0.4, -0.2) is 48.3 Å². The topological polar surface area (TPSA) is 90.5 Å². The van der Waals surface area contributed by atoms with E-state index in [2.05, 4.69) is 16.0 Å². The molecule has 0 radical (unpaired) electrons. The second-order valence-electron chi connectivity index (χ2n) is 8.03. The van der Waals surface area contributed by atoms with Crippen molar-refractivity contribution in [3.8, 4) is 0 Å². The van der Waals surface area contributed by atoms with E-state index in [1.165, 1.54) is 12.8 Å². The van der Waals surface area contributed by atoms with E-state index in [4.69, 9.17) is 0 Å². The van der Waals surface area contributed by atoms with Crippen LogP contribution in [-0.2, 0) is 22.7 Å². The van der Waals surface area contributed by atoms with Crippen LogP contribution in [0.3, 0.4) is 0 Å². The summed E-state index contributed by atoms with van der Waals surface area (Å²) < 4.78 is 0. The largest absolute Gasteiger partial charge is 0.322 e. The summed E-state index contributed by atoms with van der Waals surface area (Å²) in [6.45, 7) is 4.25. The van der Waals surface area contributed by atoms with Crippen LogP contribution >= 0.6 is 0 Å². The maximum absolute atomic E-state index is 13.0. The monoisotopic (exact) mass is 384 g/mol. The molecule has 0 aromatic heterocycles. The Labute approximate surface area is 165 Å². The molecule has 3 aliphatic rings. The Hall–Kier alpha value is -2.25. The lowest BCUT2D eigenvalue weighted by Gasteiger charge is -2.29. The molecule has 2 unspecified atom stereocenters. The van der Waals surface area contributed by atoms with Gasteiger partial charge in [0.2, 0.25) is 11.8 Å². The Balaban J connectivity index is 1.37. The SMILES string of the molecule is O=C1CCC(N2Cc3cccc(CNCCC4CCCNC4)c3C2=O)C(=O)N1. The number of carbonyl (C=O) groups is 3. The van der Waals surface area contributed by atoms with Gasteiger partial charge in [0.1, 0.15) is 6.04 Å². The third-order valence-electron chi connectivity index (χ3n) is 6.08. The number of nitrogens with one attached hydrogen (secondary N) is 3. The molecular formula is C21H28N4O3. The van der Waals surface area contributed by atoms with E-state index in [0.29, 0.717) is 19.5 Å². The molecule has 150 valence electrons. The van der Waals surface area contributed by atoms with E-state index < -0.39 is 6.04 Å². The molecule has 3 N–H and O–H groups in total. The number of amides is 3. The summed E-state index contributed by atoms with van der Waals surface area (Å²) in [5.74, 6) is 0.00685. The van der Waals surface area contributed by atoms with Crippen molar-refractivity contribution in [1.29, 1.82) is 0 Å². The average molecular weight is 384 g/mol. The van der Waals surface area contributed by atoms with Crippen LogP contribution in [0.1, 0.15) is 53.6 Å². The van der Waals surface area contributed by atoms with Crippen LogP contribution in [0.25, 0.3) is 0 Å². The first-order valence-electron chi connectivity index (χ1n) is 10.3. The van der Waals surface area contributed by atoms with E-state index in [1.807, 2.05) is 18.2 Å². The van der Waals surface area contributed by atoms with Gasteiger partial charge in [-0.15, -0.1) is 0 Å². The van der Waals surface area contributed by atoms with E-state index in [0.717, 1.165) is 48.7 Å². The zero-order chi connectivity index (χ0) is 19.5. The smallest absolute Gasteiger partial charge is 0.255 e. The summed E-state index contributed by atoms with van der Waals surface area (Å²) >= 11 is 0. The van der Waals surface area contributed by atoms with Gasteiger partial charge in [-0.05, 0) is 62.4 Å². The molecule has 7 heteroatoms. The molecule has 4 rings (SSSR count). The van der Waals surface area contributed by atoms with E-state index in [9.17, 15) is 14.4 Å². The van der Waals surface area contributed by atoms with Crippen molar-refractivity contribution in [2.45, 2.75) is 51.2 Å². The zero-order valence-electron chi connectivity index (χ0n) is 16.1. The number of hydrogen-bond acceptors (Lipinski definition) is 5. The molecule has 0 aliphatic carbocycles. The lowest BCUT2D eigenvalue weighted by atomic mass is 9.96. The van der Waals surface area contributed by atoms with Crippen LogP contribution in [0.4, 0.5) is 0 Å². The minimum Gasteiger partial charge on any atom is -0.322 e. The lowest BCUT2D eigenvalue weighted by molar-refractivity contribution is -0.136. The Morgan fingerprint density at radius 2 is 2.07 bits per heavy atom. The maximum Gasteiger partial charge on any atom is 0.255 e. The molecule has 3 aliphatic heterocycles. The van der Waals surface area contributed by atoms with Gasteiger partial charge in [0.25, 0.3) is 5.91 Å². The van der Waals surface area contributed by atoms with Crippen molar-refractivity contribution in [3.05, 3.63) is 34.9 Å². The highest BCUT2D eigenvalue weighted by Gasteiger charge is 2.39. The number of benzene rings is 1. The number of fused-ring (bicyclic) bond motifs is 1. The minimum absolute atomic E-state index is 0.0987. The van der Waals surface area contributed by atoms with Crippen LogP contribution in [0.5, 0.6) is 0 Å². The summed E-state index contributed by atoms with van der Waals surface area (Å²) in [4.78, 5) is 38.3. The molecule has 0 saturated carbocycles. The molecule has 2 fully saturated rings. The third kappa shape index (κ3) is 3.95. The summed E-state index contributed by atoms with van der Waals surface area (Å²) in [7, 11) is 0. The average Bonchev–Trinajstić information content (AvgIpc) is 3.03. The minimum atomic E-state index is -0.558. The molecule has 0 bridgehead atoms. The highest BCUT2D eigenvalue weighted by Crippen LogP contribution is 2.29. The predicted octanol–water partition coefficient (Wildman–Crippen LogP) is 0.927. The number of nitrogens with zero attached hydrogens (tertiary/aromatic N) is 1. The van der Waals surface area contributed by atoms with Gasteiger partial charge >= 0.3 is 0 Å². The van der Waals surface area contributed by atoms with Crippen molar-refractivity contribution < 1.29 is 14.4 Å². The highest BCUT2D eigenvalue weighted by molar-refractivity contribution is 6.05. The van der Waals surface area contributed by atoms with E-state index in [1.54, 1.807) is 4.90 Å². The van der Waals surface area contributed by atoms with Gasteiger partial charge in [-0.1, -0.05) is 18.2 Å².